The molecular weight excluding hydrogens is 226 g/mol. The monoisotopic (exact) mass is 243 g/mol. The van der Waals surface area contributed by atoms with Gasteiger partial charge in [0.25, 0.3) is 5.56 Å². The molecule has 1 aliphatic heterocycles. The first kappa shape index (κ1) is 11.3. The summed E-state index contributed by atoms with van der Waals surface area (Å²) < 4.78 is 1.58. The van der Waals surface area contributed by atoms with Gasteiger partial charge in [-0.1, -0.05) is 30.3 Å². The van der Waals surface area contributed by atoms with E-state index in [0.29, 0.717) is 0 Å². The molecule has 0 aliphatic carbocycles. The zero-order valence-electron chi connectivity index (χ0n) is 10.5. The number of aryl methyl sites for hydroxylation is 1. The summed E-state index contributed by atoms with van der Waals surface area (Å²) in [4.78, 5) is 14.2. The summed E-state index contributed by atoms with van der Waals surface area (Å²) in [6, 6.07) is 10.4. The predicted molar refractivity (Wildman–Crippen MR) is 70.3 cm³/mol. The average molecular weight is 243 g/mol. The fraction of sp³-hybridized carbons (Fsp3) is 0.357. The molecule has 0 unspecified atom stereocenters. The van der Waals surface area contributed by atoms with Gasteiger partial charge in [0.1, 0.15) is 0 Å². The molecule has 1 aromatic carbocycles. The summed E-state index contributed by atoms with van der Waals surface area (Å²) in [5, 5.41) is 3.13. The maximum absolute atomic E-state index is 11.9. The van der Waals surface area contributed by atoms with E-state index in [0.717, 1.165) is 37.3 Å². The lowest BCUT2D eigenvalue weighted by atomic mass is 10.1. The molecule has 1 aliphatic rings. The van der Waals surface area contributed by atoms with Crippen LogP contribution in [0.1, 0.15) is 16.8 Å². The van der Waals surface area contributed by atoms with E-state index in [-0.39, 0.29) is 5.56 Å². The fourth-order valence-corrected chi connectivity index (χ4v) is 2.57. The van der Waals surface area contributed by atoms with Crippen molar-refractivity contribution < 1.29 is 0 Å². The third kappa shape index (κ3) is 1.99. The standard InChI is InChI=1S/C14H17N3O/c1-16-14(18)12-10-17(8-7-13(12)15-16)9-11-5-3-2-4-6-11/h2-6,15H,7-10H2,1H3. The number of nitrogens with zero attached hydrogens (tertiary/aromatic N) is 2. The van der Waals surface area contributed by atoms with Gasteiger partial charge < -0.3 is 0 Å². The highest BCUT2D eigenvalue weighted by atomic mass is 16.1. The number of hydrogen-bond acceptors (Lipinski definition) is 2. The van der Waals surface area contributed by atoms with Crippen LogP contribution in [-0.4, -0.2) is 21.2 Å². The molecule has 4 nitrogen and oxygen atoms in total. The number of H-pyrrole nitrogens is 1. The predicted octanol–water partition coefficient (Wildman–Crippen LogP) is 1.27. The largest absolute Gasteiger partial charge is 0.300 e. The van der Waals surface area contributed by atoms with Crippen molar-refractivity contribution >= 4 is 0 Å². The molecule has 1 aromatic heterocycles. The summed E-state index contributed by atoms with van der Waals surface area (Å²) in [5.41, 5.74) is 3.45. The molecule has 2 heterocycles. The molecule has 0 saturated heterocycles. The topological polar surface area (TPSA) is 41.0 Å². The summed E-state index contributed by atoms with van der Waals surface area (Å²) in [5.74, 6) is 0. The van der Waals surface area contributed by atoms with Crippen LogP contribution in [0.3, 0.4) is 0 Å². The highest BCUT2D eigenvalue weighted by Gasteiger charge is 2.21. The van der Waals surface area contributed by atoms with Crippen molar-refractivity contribution in [1.29, 1.82) is 0 Å². The Hall–Kier alpha value is -1.81. The minimum Gasteiger partial charge on any atom is -0.300 e. The Kier molecular flexibility index (Phi) is 2.80. The molecule has 18 heavy (non-hydrogen) atoms. The minimum absolute atomic E-state index is 0.114. The van der Waals surface area contributed by atoms with E-state index in [2.05, 4.69) is 34.3 Å². The highest BCUT2D eigenvalue weighted by molar-refractivity contribution is 5.21. The van der Waals surface area contributed by atoms with Crippen LogP contribution in [0.4, 0.5) is 0 Å². The molecule has 0 fully saturated rings. The lowest BCUT2D eigenvalue weighted by molar-refractivity contribution is 0.244. The zero-order valence-corrected chi connectivity index (χ0v) is 10.5. The number of aromatic amines is 1. The van der Waals surface area contributed by atoms with E-state index in [1.807, 2.05) is 6.07 Å². The second kappa shape index (κ2) is 4.46. The van der Waals surface area contributed by atoms with Crippen molar-refractivity contribution in [3.63, 3.8) is 0 Å². The van der Waals surface area contributed by atoms with Gasteiger partial charge in [0.05, 0.1) is 5.56 Å². The van der Waals surface area contributed by atoms with E-state index < -0.39 is 0 Å². The van der Waals surface area contributed by atoms with Gasteiger partial charge in [-0.2, -0.15) is 0 Å². The van der Waals surface area contributed by atoms with Gasteiger partial charge in [-0.3, -0.25) is 19.5 Å². The smallest absolute Gasteiger partial charge is 0.270 e. The Morgan fingerprint density at radius 3 is 2.83 bits per heavy atom. The van der Waals surface area contributed by atoms with E-state index >= 15 is 0 Å². The minimum atomic E-state index is 0.114. The van der Waals surface area contributed by atoms with Gasteiger partial charge in [-0.25, -0.2) is 0 Å². The van der Waals surface area contributed by atoms with E-state index in [1.54, 1.807) is 11.7 Å². The number of benzene rings is 1. The van der Waals surface area contributed by atoms with E-state index in [9.17, 15) is 4.79 Å². The van der Waals surface area contributed by atoms with Crippen LogP contribution >= 0.6 is 0 Å². The first-order chi connectivity index (χ1) is 8.74. The summed E-state index contributed by atoms with van der Waals surface area (Å²) >= 11 is 0. The molecular formula is C14H17N3O. The van der Waals surface area contributed by atoms with Gasteiger partial charge >= 0.3 is 0 Å². The molecule has 0 amide bonds. The summed E-state index contributed by atoms with van der Waals surface area (Å²) in [6.07, 6.45) is 0.929. The zero-order chi connectivity index (χ0) is 12.5. The van der Waals surface area contributed by atoms with Crippen molar-refractivity contribution in [3.8, 4) is 0 Å². The third-order valence-electron chi connectivity index (χ3n) is 3.54. The van der Waals surface area contributed by atoms with Gasteiger partial charge in [-0.15, -0.1) is 0 Å². The normalized spacial score (nSPS) is 15.6. The second-order valence-electron chi connectivity index (χ2n) is 4.88. The van der Waals surface area contributed by atoms with Crippen LogP contribution in [0.25, 0.3) is 0 Å². The van der Waals surface area contributed by atoms with E-state index in [1.165, 1.54) is 5.56 Å². The maximum atomic E-state index is 11.9. The molecule has 94 valence electrons. The number of nitrogens with one attached hydrogen (secondary N) is 1. The van der Waals surface area contributed by atoms with Gasteiger partial charge in [0.15, 0.2) is 0 Å². The lowest BCUT2D eigenvalue weighted by Crippen LogP contribution is -2.32. The molecule has 0 bridgehead atoms. The van der Waals surface area contributed by atoms with Crippen molar-refractivity contribution in [2.75, 3.05) is 6.54 Å². The van der Waals surface area contributed by atoms with Crippen molar-refractivity contribution in [2.24, 2.45) is 7.05 Å². The van der Waals surface area contributed by atoms with Crippen LogP contribution in [0, 0.1) is 0 Å². The summed E-state index contributed by atoms with van der Waals surface area (Å²) in [7, 11) is 1.78. The van der Waals surface area contributed by atoms with Gasteiger partial charge in [-0.05, 0) is 5.56 Å². The molecule has 0 radical (unpaired) electrons. The maximum Gasteiger partial charge on any atom is 0.270 e. The second-order valence-corrected chi connectivity index (χ2v) is 4.88. The number of hydrogen-bond donors (Lipinski definition) is 1. The molecule has 0 atom stereocenters. The summed E-state index contributed by atoms with van der Waals surface area (Å²) in [6.45, 7) is 2.66. The fourth-order valence-electron chi connectivity index (χ4n) is 2.57. The molecule has 1 N–H and O–H groups in total. The van der Waals surface area contributed by atoms with Crippen LogP contribution < -0.4 is 5.56 Å². The van der Waals surface area contributed by atoms with Crippen LogP contribution in [0.5, 0.6) is 0 Å². The van der Waals surface area contributed by atoms with Crippen molar-refractivity contribution in [1.82, 2.24) is 14.7 Å². The Morgan fingerprint density at radius 1 is 1.28 bits per heavy atom. The SMILES string of the molecule is Cn1[nH]c2c(c1=O)CN(Cc1ccccc1)CC2. The molecule has 4 heteroatoms. The average Bonchev–Trinajstić information content (AvgIpc) is 2.67. The first-order valence-corrected chi connectivity index (χ1v) is 6.27. The highest BCUT2D eigenvalue weighted by Crippen LogP contribution is 2.16. The quantitative estimate of drug-likeness (QED) is 0.863. The molecule has 0 spiro atoms. The van der Waals surface area contributed by atoms with Crippen LogP contribution in [-0.2, 0) is 26.6 Å². The van der Waals surface area contributed by atoms with Crippen LogP contribution in [0.2, 0.25) is 0 Å². The third-order valence-corrected chi connectivity index (χ3v) is 3.54. The number of fused-ring (bicyclic) bond motifs is 1. The first-order valence-electron chi connectivity index (χ1n) is 6.27. The Balaban J connectivity index is 1.79. The van der Waals surface area contributed by atoms with Crippen molar-refractivity contribution in [3.05, 3.63) is 57.5 Å². The molecule has 3 rings (SSSR count). The molecule has 0 saturated carbocycles. The van der Waals surface area contributed by atoms with Crippen LogP contribution in [0.15, 0.2) is 35.1 Å². The van der Waals surface area contributed by atoms with Crippen molar-refractivity contribution in [2.45, 2.75) is 19.5 Å². The lowest BCUT2D eigenvalue weighted by Gasteiger charge is -2.25. The Morgan fingerprint density at radius 2 is 2.06 bits per heavy atom. The van der Waals surface area contributed by atoms with E-state index in [4.69, 9.17) is 0 Å². The van der Waals surface area contributed by atoms with Gasteiger partial charge in [0.2, 0.25) is 0 Å². The Bertz CT molecular complexity index is 597. The number of aromatic nitrogens is 2. The Labute approximate surface area is 106 Å². The number of rotatable bonds is 2. The molecule has 2 aromatic rings. The van der Waals surface area contributed by atoms with Gasteiger partial charge in [0, 0.05) is 38.8 Å².